The Balaban J connectivity index is 1.25. The van der Waals surface area contributed by atoms with Gasteiger partial charge >= 0.3 is 6.03 Å². The molecule has 7 nitrogen and oxygen atoms in total. The van der Waals surface area contributed by atoms with Crippen LogP contribution in [0.3, 0.4) is 0 Å². The fraction of sp³-hybridized carbons (Fsp3) is 0.581. The molecule has 52 heavy (non-hydrogen) atoms. The molecule has 3 N–H and O–H groups in total. The zero-order valence-corrected chi connectivity index (χ0v) is 31.7. The predicted octanol–water partition coefficient (Wildman–Crippen LogP) is 7.99. The second-order valence-corrected chi connectivity index (χ2v) is 17.4. The van der Waals surface area contributed by atoms with E-state index in [0.717, 1.165) is 24.8 Å². The van der Waals surface area contributed by atoms with Gasteiger partial charge in [0.15, 0.2) is 5.78 Å². The summed E-state index contributed by atoms with van der Waals surface area (Å²) in [7, 11) is 1.65. The number of Topliss-reactive ketones (excluding diaryl/α,β-unsaturated/α-hetero) is 1. The minimum Gasteiger partial charge on any atom is -0.393 e. The van der Waals surface area contributed by atoms with Crippen LogP contribution in [0.1, 0.15) is 89.3 Å². The van der Waals surface area contributed by atoms with Crippen LogP contribution < -0.4 is 5.32 Å². The lowest BCUT2D eigenvalue weighted by molar-refractivity contribution is -0.177. The smallest absolute Gasteiger partial charge is 0.317 e. The first-order chi connectivity index (χ1) is 24.7. The highest BCUT2D eigenvalue weighted by molar-refractivity contribution is 6.31. The molecule has 9 heteroatoms. The van der Waals surface area contributed by atoms with Crippen LogP contribution in [0.25, 0.3) is 0 Å². The topological polar surface area (TPSA) is 99.1 Å². The zero-order chi connectivity index (χ0) is 37.1. The van der Waals surface area contributed by atoms with E-state index in [4.69, 9.17) is 16.3 Å². The van der Waals surface area contributed by atoms with Crippen LogP contribution in [0.5, 0.6) is 0 Å². The van der Waals surface area contributed by atoms with Crippen LogP contribution in [0.4, 0.5) is 9.18 Å². The molecule has 2 aromatic rings. The number of methoxy groups -OCH3 is 1. The highest BCUT2D eigenvalue weighted by Crippen LogP contribution is 2.78. The Hall–Kier alpha value is -3.04. The number of nitrogens with one attached hydrogen (secondary N) is 1. The van der Waals surface area contributed by atoms with Gasteiger partial charge in [0.05, 0.1) is 24.3 Å². The Morgan fingerprint density at radius 2 is 1.73 bits per heavy atom. The number of aliphatic hydroxyl groups is 2. The summed E-state index contributed by atoms with van der Waals surface area (Å²) in [5.74, 6) is -0.649. The van der Waals surface area contributed by atoms with Crippen molar-refractivity contribution in [3.8, 4) is 0 Å². The molecular weight excluding hydrogens is 679 g/mol. The van der Waals surface area contributed by atoms with Crippen molar-refractivity contribution in [2.45, 2.75) is 96.3 Å². The highest BCUT2D eigenvalue weighted by atomic mass is 35.5. The summed E-state index contributed by atoms with van der Waals surface area (Å²) in [6.07, 6.45) is 11.4. The number of nitrogens with zero attached hydrogens (tertiary/aromatic N) is 1. The second kappa shape index (κ2) is 13.7. The minimum atomic E-state index is -1.22. The number of carbonyl (C=O) groups is 2. The molecule has 2 spiro atoms. The summed E-state index contributed by atoms with van der Waals surface area (Å²) in [5, 5.41) is 27.4. The molecule has 280 valence electrons. The number of halogens is 2. The molecular formula is C43H54ClFN2O5. The van der Waals surface area contributed by atoms with Crippen LogP contribution in [0.2, 0.25) is 5.02 Å². The van der Waals surface area contributed by atoms with Crippen molar-refractivity contribution >= 4 is 23.4 Å². The Morgan fingerprint density at radius 3 is 2.46 bits per heavy atom. The number of ketones is 1. The van der Waals surface area contributed by atoms with Gasteiger partial charge < -0.3 is 25.2 Å². The third kappa shape index (κ3) is 5.70. The largest absolute Gasteiger partial charge is 0.393 e. The van der Waals surface area contributed by atoms with Crippen molar-refractivity contribution in [1.82, 2.24) is 10.2 Å². The molecule has 0 aromatic heterocycles. The van der Waals surface area contributed by atoms with Crippen molar-refractivity contribution < 1.29 is 28.9 Å². The van der Waals surface area contributed by atoms with Gasteiger partial charge in [-0.25, -0.2) is 9.18 Å². The maximum atomic E-state index is 15.1. The molecule has 0 saturated heterocycles. The number of ether oxygens (including phenoxy) is 1. The number of hydrogen-bond donors (Lipinski definition) is 3. The molecule has 0 heterocycles. The summed E-state index contributed by atoms with van der Waals surface area (Å²) >= 11 is 6.48. The molecule has 6 aliphatic rings. The van der Waals surface area contributed by atoms with E-state index in [1.807, 2.05) is 37.3 Å². The molecule has 6 aliphatic carbocycles. The van der Waals surface area contributed by atoms with Gasteiger partial charge in [0.25, 0.3) is 0 Å². The van der Waals surface area contributed by atoms with Crippen molar-refractivity contribution in [3.05, 3.63) is 94.3 Å². The van der Waals surface area contributed by atoms with E-state index < -0.39 is 33.8 Å². The van der Waals surface area contributed by atoms with Crippen molar-refractivity contribution in [2.75, 3.05) is 26.8 Å². The predicted molar refractivity (Wildman–Crippen MR) is 200 cm³/mol. The quantitative estimate of drug-likeness (QED) is 0.161. The highest BCUT2D eigenvalue weighted by Gasteiger charge is 2.74. The first-order valence-electron chi connectivity index (χ1n) is 19.1. The number of hydrogen-bond acceptors (Lipinski definition) is 5. The maximum Gasteiger partial charge on any atom is 0.317 e. The third-order valence-corrected chi connectivity index (χ3v) is 14.9. The van der Waals surface area contributed by atoms with Crippen LogP contribution in [0, 0.1) is 39.3 Å². The van der Waals surface area contributed by atoms with Gasteiger partial charge in [0.2, 0.25) is 0 Å². The summed E-state index contributed by atoms with van der Waals surface area (Å²) in [6.45, 7) is 7.54. The molecule has 8 rings (SSSR count). The number of amides is 2. The second-order valence-electron chi connectivity index (χ2n) is 17.0. The van der Waals surface area contributed by atoms with Gasteiger partial charge in [-0.2, -0.15) is 0 Å². The Bertz CT molecular complexity index is 1750. The van der Waals surface area contributed by atoms with E-state index in [9.17, 15) is 19.8 Å². The van der Waals surface area contributed by atoms with E-state index in [1.165, 1.54) is 6.07 Å². The fourth-order valence-electron chi connectivity index (χ4n) is 11.7. The van der Waals surface area contributed by atoms with Crippen LogP contribution >= 0.6 is 11.6 Å². The van der Waals surface area contributed by atoms with Gasteiger partial charge in [-0.1, -0.05) is 80.1 Å². The summed E-state index contributed by atoms with van der Waals surface area (Å²) < 4.78 is 20.5. The van der Waals surface area contributed by atoms with E-state index in [-0.39, 0.29) is 58.7 Å². The van der Waals surface area contributed by atoms with Gasteiger partial charge in [0.1, 0.15) is 5.82 Å². The van der Waals surface area contributed by atoms with Gasteiger partial charge in [0, 0.05) is 59.1 Å². The Labute approximate surface area is 312 Å². The molecule has 0 radical (unpaired) electrons. The number of aliphatic hydroxyl groups excluding tert-OH is 1. The van der Waals surface area contributed by atoms with Gasteiger partial charge in [-0.15, -0.1) is 0 Å². The van der Waals surface area contributed by atoms with Crippen molar-refractivity contribution in [3.63, 3.8) is 0 Å². The molecule has 2 bridgehead atoms. The molecule has 2 amide bonds. The molecule has 9 atom stereocenters. The average molecular weight is 733 g/mol. The number of benzene rings is 2. The number of fused-ring (bicyclic) bond motifs is 1. The lowest BCUT2D eigenvalue weighted by Crippen LogP contribution is -2.67. The van der Waals surface area contributed by atoms with Crippen molar-refractivity contribution in [2.24, 2.45) is 33.5 Å². The first-order valence-corrected chi connectivity index (χ1v) is 19.5. The molecule has 2 aromatic carbocycles. The van der Waals surface area contributed by atoms with Crippen LogP contribution in [-0.2, 0) is 16.0 Å². The summed E-state index contributed by atoms with van der Waals surface area (Å²) in [5.41, 5.74) is -1.34. The Morgan fingerprint density at radius 1 is 1.02 bits per heavy atom. The van der Waals surface area contributed by atoms with Gasteiger partial charge in [-0.3, -0.25) is 4.79 Å². The molecule has 1 unspecified atom stereocenters. The van der Waals surface area contributed by atoms with Crippen LogP contribution in [-0.4, -0.2) is 65.4 Å². The normalized spacial score (nSPS) is 36.3. The maximum absolute atomic E-state index is 15.1. The standard InChI is InChI=1S/C43H54ClFN2O5/c1-28(29-10-6-5-7-11-29)46-38(50)47(22-9-23-52-4)27-42(51)19-16-37-40(42,3)18-15-36-39(2)17-14-30(48)25-41(39)20-21-43(36,37)32(26-41)35(49)24-31-33(44)12-8-13-34(31)45/h5-8,10-13,20-21,26,28,30,36-37,48,51H,9,14-19,22-25,27H2,1-4H3,(H,46,50)/t28-,30?,36-,37-,39-,40+,41+,42-,43-/m1/s1. The van der Waals surface area contributed by atoms with E-state index >= 15 is 4.39 Å². The average Bonchev–Trinajstić information content (AvgIpc) is 3.39. The lowest BCUT2D eigenvalue weighted by atomic mass is 9.32. The summed E-state index contributed by atoms with van der Waals surface area (Å²) in [6, 6.07) is 13.9. The minimum absolute atomic E-state index is 0.0969. The monoisotopic (exact) mass is 732 g/mol. The first kappa shape index (κ1) is 37.3. The van der Waals surface area contributed by atoms with E-state index in [0.29, 0.717) is 50.8 Å². The molecule has 3 saturated carbocycles. The summed E-state index contributed by atoms with van der Waals surface area (Å²) in [4.78, 5) is 30.5. The zero-order valence-electron chi connectivity index (χ0n) is 31.0. The van der Waals surface area contributed by atoms with Gasteiger partial charge in [-0.05, 0) is 93.2 Å². The SMILES string of the molecule is COCCCN(C[C@]1(O)CC[C@H]2[C@]34C=C[C@@]5(C=C3C(=O)Cc3c(F)cccc3Cl)CC(O)CC[C@]5(C)[C@H]4CC[C@@]21C)C(=O)N[C@H](C)c1ccccc1. The number of allylic oxidation sites excluding steroid dienone is 4. The van der Waals surface area contributed by atoms with E-state index in [2.05, 4.69) is 37.4 Å². The van der Waals surface area contributed by atoms with Crippen LogP contribution in [0.15, 0.2) is 72.3 Å². The fourth-order valence-corrected chi connectivity index (χ4v) is 11.9. The number of urea groups is 1. The Kier molecular flexibility index (Phi) is 9.80. The number of rotatable bonds is 11. The lowest BCUT2D eigenvalue weighted by Gasteiger charge is -2.71. The molecule has 0 aliphatic heterocycles. The van der Waals surface area contributed by atoms with Crippen molar-refractivity contribution in [1.29, 1.82) is 0 Å². The number of carbonyl (C=O) groups excluding carboxylic acids is 2. The third-order valence-electron chi connectivity index (χ3n) is 14.6. The van der Waals surface area contributed by atoms with E-state index in [1.54, 1.807) is 24.1 Å². The molecule has 3 fully saturated rings.